The zero-order valence-corrected chi connectivity index (χ0v) is 23.2. The number of rotatable bonds is 11. The highest BCUT2D eigenvalue weighted by Crippen LogP contribution is 2.33. The first-order chi connectivity index (χ1) is 19.8. The molecule has 3 fully saturated rings. The molecule has 0 bridgehead atoms. The van der Waals surface area contributed by atoms with E-state index in [2.05, 4.69) is 10.6 Å². The van der Waals surface area contributed by atoms with Gasteiger partial charge in [-0.15, -0.1) is 0 Å². The van der Waals surface area contributed by atoms with Crippen LogP contribution in [0.4, 0.5) is 0 Å². The summed E-state index contributed by atoms with van der Waals surface area (Å²) in [5.41, 5.74) is 0. The van der Waals surface area contributed by atoms with Gasteiger partial charge in [0.25, 0.3) is 0 Å². The zero-order chi connectivity index (χ0) is 31.3. The molecule has 18 nitrogen and oxygen atoms in total. The Morgan fingerprint density at radius 3 is 1.86 bits per heavy atom. The molecule has 0 aromatic heterocycles. The van der Waals surface area contributed by atoms with Gasteiger partial charge < -0.3 is 79.6 Å². The monoisotopic (exact) mass is 612 g/mol. The van der Waals surface area contributed by atoms with Crippen molar-refractivity contribution in [2.45, 2.75) is 113 Å². The number of aliphatic hydroxyl groups is 7. The molecule has 3 rings (SSSR count). The van der Waals surface area contributed by atoms with Gasteiger partial charge in [0.15, 0.2) is 18.9 Å². The lowest BCUT2D eigenvalue weighted by molar-refractivity contribution is -0.365. The SMILES string of the molecule is CC(=O)N[C@H]1[C@H](O[C@H]2[C@H](O[C@H]3O[C@H](C)[C@H](O)[C@H](O)[C@H]3O)[C@@H](NC(C)=O)[C@H](OCC=O)O[C@@H]2CO)O[C@H](CO)[C@H](O)[C@@H]1O. The van der Waals surface area contributed by atoms with E-state index in [1.807, 2.05) is 0 Å². The Labute approximate surface area is 240 Å². The Hall–Kier alpha value is -1.91. The van der Waals surface area contributed by atoms with E-state index in [9.17, 15) is 50.1 Å². The Bertz CT molecular complexity index is 914. The first kappa shape index (κ1) is 34.6. The summed E-state index contributed by atoms with van der Waals surface area (Å²) in [6, 6.07) is -2.76. The summed E-state index contributed by atoms with van der Waals surface area (Å²) in [5, 5.41) is 77.0. The van der Waals surface area contributed by atoms with Gasteiger partial charge in [-0.3, -0.25) is 9.59 Å². The third-order valence-corrected chi connectivity index (χ3v) is 7.17. The van der Waals surface area contributed by atoms with Crippen LogP contribution in [0.1, 0.15) is 20.8 Å². The van der Waals surface area contributed by atoms with E-state index in [-0.39, 0.29) is 0 Å². The van der Waals surface area contributed by atoms with Crippen molar-refractivity contribution in [3.63, 3.8) is 0 Å². The van der Waals surface area contributed by atoms with Crippen molar-refractivity contribution in [1.29, 1.82) is 0 Å². The van der Waals surface area contributed by atoms with E-state index >= 15 is 0 Å². The number of aliphatic hydroxyl groups excluding tert-OH is 7. The Morgan fingerprint density at radius 2 is 1.29 bits per heavy atom. The lowest BCUT2D eigenvalue weighted by Gasteiger charge is -2.50. The van der Waals surface area contributed by atoms with Crippen LogP contribution in [-0.2, 0) is 42.8 Å². The highest BCUT2D eigenvalue weighted by atomic mass is 16.8. The molecule has 0 saturated carbocycles. The lowest BCUT2D eigenvalue weighted by Crippen LogP contribution is -2.70. The molecule has 3 aliphatic heterocycles. The highest BCUT2D eigenvalue weighted by Gasteiger charge is 2.55. The van der Waals surface area contributed by atoms with Gasteiger partial charge in [-0.05, 0) is 6.92 Å². The van der Waals surface area contributed by atoms with Crippen LogP contribution in [0.25, 0.3) is 0 Å². The van der Waals surface area contributed by atoms with Crippen LogP contribution < -0.4 is 10.6 Å². The fourth-order valence-electron chi connectivity index (χ4n) is 5.06. The third-order valence-electron chi connectivity index (χ3n) is 7.17. The maximum atomic E-state index is 12.2. The molecule has 0 spiro atoms. The molecular weight excluding hydrogens is 572 g/mol. The van der Waals surface area contributed by atoms with E-state index in [4.69, 9.17) is 28.4 Å². The number of carbonyl (C=O) groups is 3. The molecule has 0 aliphatic carbocycles. The quantitative estimate of drug-likeness (QED) is 0.0982. The standard InChI is InChI=1S/C24H40N2O16/c1-8-15(32)18(35)19(36)24(38-8)42-21-14(26-10(3)31)22(37-5-4-27)40-12(7-29)20(21)41-23-13(25-9(2)30)17(34)16(33)11(6-28)39-23/h4,8,11-24,28-29,32-36H,5-7H2,1-3H3,(H,25,30)(H,26,31)/t8-,11-,12-,13-,14-,15+,16+,17-,18+,19-,20-,21-,22-,23+,24-/m1/s1. The maximum Gasteiger partial charge on any atom is 0.217 e. The number of nitrogens with one attached hydrogen (secondary N) is 2. The van der Waals surface area contributed by atoms with Crippen molar-refractivity contribution < 1.29 is 78.6 Å². The van der Waals surface area contributed by atoms with Gasteiger partial charge in [0.2, 0.25) is 11.8 Å². The fraction of sp³-hybridized carbons (Fsp3) is 0.875. The second-order valence-corrected chi connectivity index (χ2v) is 10.3. The predicted octanol–water partition coefficient (Wildman–Crippen LogP) is -6.03. The topological polar surface area (TPSA) is 272 Å². The van der Waals surface area contributed by atoms with Crippen molar-refractivity contribution in [1.82, 2.24) is 10.6 Å². The highest BCUT2D eigenvalue weighted by molar-refractivity contribution is 5.73. The fourth-order valence-corrected chi connectivity index (χ4v) is 5.06. The van der Waals surface area contributed by atoms with Gasteiger partial charge in [-0.2, -0.15) is 0 Å². The van der Waals surface area contributed by atoms with Crippen molar-refractivity contribution in [2.75, 3.05) is 19.8 Å². The first-order valence-electron chi connectivity index (χ1n) is 13.3. The largest absolute Gasteiger partial charge is 0.394 e. The molecule has 3 aliphatic rings. The van der Waals surface area contributed by atoms with Crippen LogP contribution in [0, 0.1) is 0 Å². The summed E-state index contributed by atoms with van der Waals surface area (Å²) in [5.74, 6) is -1.27. The van der Waals surface area contributed by atoms with Crippen LogP contribution in [-0.4, -0.2) is 166 Å². The zero-order valence-electron chi connectivity index (χ0n) is 23.2. The second kappa shape index (κ2) is 15.2. The van der Waals surface area contributed by atoms with E-state index < -0.39 is 124 Å². The van der Waals surface area contributed by atoms with Crippen LogP contribution in [0.3, 0.4) is 0 Å². The Kier molecular flexibility index (Phi) is 12.5. The average Bonchev–Trinajstić information content (AvgIpc) is 2.94. The number of amides is 2. The number of carbonyl (C=O) groups excluding carboxylic acids is 3. The molecule has 2 amide bonds. The van der Waals surface area contributed by atoms with Crippen LogP contribution >= 0.6 is 0 Å². The van der Waals surface area contributed by atoms with Crippen molar-refractivity contribution in [3.8, 4) is 0 Å². The van der Waals surface area contributed by atoms with Gasteiger partial charge >= 0.3 is 0 Å². The summed E-state index contributed by atoms with van der Waals surface area (Å²) < 4.78 is 34.5. The summed E-state index contributed by atoms with van der Waals surface area (Å²) in [7, 11) is 0. The summed E-state index contributed by atoms with van der Waals surface area (Å²) in [6.07, 6.45) is -19.4. The number of hydrogen-bond acceptors (Lipinski definition) is 16. The molecule has 42 heavy (non-hydrogen) atoms. The van der Waals surface area contributed by atoms with E-state index in [1.54, 1.807) is 0 Å². The normalized spacial score (nSPS) is 44.3. The Balaban J connectivity index is 2.03. The second-order valence-electron chi connectivity index (χ2n) is 10.3. The number of aldehydes is 1. The molecular formula is C24H40N2O16. The summed E-state index contributed by atoms with van der Waals surface area (Å²) in [6.45, 7) is 1.64. The first-order valence-corrected chi connectivity index (χ1v) is 13.3. The molecule has 242 valence electrons. The molecule has 18 heteroatoms. The molecule has 0 radical (unpaired) electrons. The molecule has 3 saturated heterocycles. The van der Waals surface area contributed by atoms with Gasteiger partial charge in [0.05, 0.1) is 19.3 Å². The van der Waals surface area contributed by atoms with Gasteiger partial charge in [0.1, 0.15) is 79.9 Å². The predicted molar refractivity (Wildman–Crippen MR) is 133 cm³/mol. The van der Waals surface area contributed by atoms with Crippen LogP contribution in [0.2, 0.25) is 0 Å². The molecule has 3 heterocycles. The smallest absolute Gasteiger partial charge is 0.217 e. The average molecular weight is 613 g/mol. The molecule has 0 aromatic rings. The van der Waals surface area contributed by atoms with Crippen molar-refractivity contribution in [2.24, 2.45) is 0 Å². The van der Waals surface area contributed by atoms with Crippen LogP contribution in [0.5, 0.6) is 0 Å². The minimum atomic E-state index is -1.81. The van der Waals surface area contributed by atoms with Crippen molar-refractivity contribution >= 4 is 18.1 Å². The molecule has 0 unspecified atom stereocenters. The van der Waals surface area contributed by atoms with Gasteiger partial charge in [-0.25, -0.2) is 0 Å². The van der Waals surface area contributed by atoms with E-state index in [0.717, 1.165) is 13.8 Å². The number of hydrogen-bond donors (Lipinski definition) is 9. The minimum Gasteiger partial charge on any atom is -0.394 e. The van der Waals surface area contributed by atoms with E-state index in [0.29, 0.717) is 6.29 Å². The van der Waals surface area contributed by atoms with Gasteiger partial charge in [0, 0.05) is 13.8 Å². The third kappa shape index (κ3) is 7.78. The molecule has 9 N–H and O–H groups in total. The maximum absolute atomic E-state index is 12.2. The summed E-state index contributed by atoms with van der Waals surface area (Å²) >= 11 is 0. The molecule has 15 atom stereocenters. The molecule has 0 aromatic carbocycles. The van der Waals surface area contributed by atoms with E-state index in [1.165, 1.54) is 6.92 Å². The van der Waals surface area contributed by atoms with Gasteiger partial charge in [-0.1, -0.05) is 0 Å². The Morgan fingerprint density at radius 1 is 0.714 bits per heavy atom. The summed E-state index contributed by atoms with van der Waals surface area (Å²) in [4.78, 5) is 35.2. The number of ether oxygens (including phenoxy) is 6. The van der Waals surface area contributed by atoms with Crippen molar-refractivity contribution in [3.05, 3.63) is 0 Å². The minimum absolute atomic E-state index is 0.406. The lowest BCUT2D eigenvalue weighted by atomic mass is 9.94. The van der Waals surface area contributed by atoms with Crippen LogP contribution in [0.15, 0.2) is 0 Å².